The third-order valence-corrected chi connectivity index (χ3v) is 3.73. The van der Waals surface area contributed by atoms with E-state index >= 15 is 0 Å². The zero-order chi connectivity index (χ0) is 13.1. The molecule has 1 aliphatic carbocycles. The second-order valence-electron chi connectivity index (χ2n) is 4.83. The van der Waals surface area contributed by atoms with E-state index in [9.17, 15) is 4.79 Å². The molecule has 1 aliphatic rings. The molecule has 4 heteroatoms. The number of methoxy groups -OCH3 is 1. The Bertz CT molecular complexity index is 430. The number of halogens is 1. The molecule has 0 saturated heterocycles. The number of benzene rings is 1. The van der Waals surface area contributed by atoms with E-state index in [4.69, 9.17) is 11.6 Å². The molecular formula is C14H18ClNO2. The first-order valence-corrected chi connectivity index (χ1v) is 6.57. The van der Waals surface area contributed by atoms with Gasteiger partial charge in [0.25, 0.3) is 0 Å². The Morgan fingerprint density at radius 3 is 2.83 bits per heavy atom. The van der Waals surface area contributed by atoms with E-state index in [2.05, 4.69) is 16.1 Å². The second kappa shape index (κ2) is 5.72. The Morgan fingerprint density at radius 1 is 1.50 bits per heavy atom. The van der Waals surface area contributed by atoms with Crippen LogP contribution < -0.4 is 5.32 Å². The number of hydrogen-bond acceptors (Lipinski definition) is 3. The molecule has 1 fully saturated rings. The van der Waals surface area contributed by atoms with Crippen LogP contribution in [-0.4, -0.2) is 25.2 Å². The summed E-state index contributed by atoms with van der Waals surface area (Å²) in [6.07, 6.45) is 2.09. The molecule has 1 atom stereocenters. The maximum Gasteiger partial charge on any atom is 0.322 e. The molecule has 0 radical (unpaired) electrons. The molecule has 1 aromatic rings. The van der Waals surface area contributed by atoms with E-state index in [0.29, 0.717) is 12.0 Å². The van der Waals surface area contributed by atoms with E-state index in [0.717, 1.165) is 17.9 Å². The van der Waals surface area contributed by atoms with Gasteiger partial charge in [-0.25, -0.2) is 0 Å². The lowest BCUT2D eigenvalue weighted by Crippen LogP contribution is -2.47. The molecule has 0 spiro atoms. The second-order valence-corrected chi connectivity index (χ2v) is 5.27. The average molecular weight is 268 g/mol. The monoisotopic (exact) mass is 267 g/mol. The van der Waals surface area contributed by atoms with Crippen LogP contribution >= 0.6 is 11.6 Å². The average Bonchev–Trinajstić information content (AvgIpc) is 2.31. The number of hydrogen-bond donors (Lipinski definition) is 1. The fraction of sp³-hybridized carbons (Fsp3) is 0.500. The molecule has 1 aromatic carbocycles. The van der Waals surface area contributed by atoms with Crippen molar-refractivity contribution in [3.63, 3.8) is 0 Å². The van der Waals surface area contributed by atoms with Crippen LogP contribution in [0.5, 0.6) is 0 Å². The summed E-state index contributed by atoms with van der Waals surface area (Å²) >= 11 is 5.97. The van der Waals surface area contributed by atoms with Crippen molar-refractivity contribution in [1.82, 2.24) is 5.32 Å². The lowest BCUT2D eigenvalue weighted by Gasteiger charge is -2.37. The van der Waals surface area contributed by atoms with Crippen molar-refractivity contribution in [2.45, 2.75) is 37.8 Å². The first kappa shape index (κ1) is 13.4. The SMILES string of the molecule is COC(=O)[C@H](C)NC1CC(c2cccc(Cl)c2)C1. The Balaban J connectivity index is 1.82. The van der Waals surface area contributed by atoms with Gasteiger partial charge in [-0.2, -0.15) is 0 Å². The van der Waals surface area contributed by atoms with Crippen LogP contribution in [-0.2, 0) is 9.53 Å². The Morgan fingerprint density at radius 2 is 2.22 bits per heavy atom. The van der Waals surface area contributed by atoms with Crippen molar-refractivity contribution in [1.29, 1.82) is 0 Å². The quantitative estimate of drug-likeness (QED) is 0.853. The molecule has 0 unspecified atom stereocenters. The molecule has 1 N–H and O–H groups in total. The van der Waals surface area contributed by atoms with E-state index < -0.39 is 0 Å². The van der Waals surface area contributed by atoms with Crippen molar-refractivity contribution in [2.24, 2.45) is 0 Å². The summed E-state index contributed by atoms with van der Waals surface area (Å²) in [4.78, 5) is 11.3. The van der Waals surface area contributed by atoms with Crippen LogP contribution in [0.2, 0.25) is 5.02 Å². The van der Waals surface area contributed by atoms with Crippen LogP contribution in [0.1, 0.15) is 31.2 Å². The summed E-state index contributed by atoms with van der Waals surface area (Å²) in [5.74, 6) is 0.340. The van der Waals surface area contributed by atoms with Crippen LogP contribution in [0, 0.1) is 0 Å². The van der Waals surface area contributed by atoms with Crippen molar-refractivity contribution in [3.8, 4) is 0 Å². The van der Waals surface area contributed by atoms with Crippen molar-refractivity contribution < 1.29 is 9.53 Å². The van der Waals surface area contributed by atoms with Crippen molar-refractivity contribution in [2.75, 3.05) is 7.11 Å². The summed E-state index contributed by atoms with van der Waals surface area (Å²) in [5.41, 5.74) is 1.28. The Kier molecular flexibility index (Phi) is 4.25. The zero-order valence-electron chi connectivity index (χ0n) is 10.7. The molecule has 0 aromatic heterocycles. The molecule has 0 amide bonds. The molecule has 98 valence electrons. The third kappa shape index (κ3) is 3.03. The zero-order valence-corrected chi connectivity index (χ0v) is 11.4. The highest BCUT2D eigenvalue weighted by atomic mass is 35.5. The maximum absolute atomic E-state index is 11.3. The summed E-state index contributed by atoms with van der Waals surface area (Å²) in [7, 11) is 1.41. The number of esters is 1. The largest absolute Gasteiger partial charge is 0.468 e. The lowest BCUT2D eigenvalue weighted by atomic mass is 9.75. The standard InChI is InChI=1S/C14H18ClNO2/c1-9(14(17)18-2)16-13-7-11(8-13)10-4-3-5-12(15)6-10/h3-6,9,11,13,16H,7-8H2,1-2H3/t9-,11?,13?/m0/s1. The normalized spacial score (nSPS) is 24.2. The van der Waals surface area contributed by atoms with Gasteiger partial charge in [0.15, 0.2) is 0 Å². The Hall–Kier alpha value is -1.06. The highest BCUT2D eigenvalue weighted by molar-refractivity contribution is 6.30. The van der Waals surface area contributed by atoms with E-state index in [-0.39, 0.29) is 12.0 Å². The number of rotatable bonds is 4. The predicted molar refractivity (Wildman–Crippen MR) is 71.8 cm³/mol. The minimum Gasteiger partial charge on any atom is -0.468 e. The molecule has 18 heavy (non-hydrogen) atoms. The van der Waals surface area contributed by atoms with Gasteiger partial charge in [0.1, 0.15) is 6.04 Å². The molecular weight excluding hydrogens is 250 g/mol. The van der Waals surface area contributed by atoms with Gasteiger partial charge in [0, 0.05) is 11.1 Å². The van der Waals surface area contributed by atoms with Crippen LogP contribution in [0.4, 0.5) is 0 Å². The van der Waals surface area contributed by atoms with Gasteiger partial charge in [-0.3, -0.25) is 4.79 Å². The lowest BCUT2D eigenvalue weighted by molar-refractivity contribution is -0.143. The molecule has 0 bridgehead atoms. The summed E-state index contributed by atoms with van der Waals surface area (Å²) < 4.78 is 4.69. The predicted octanol–water partition coefficient (Wildman–Crippen LogP) is 2.74. The highest BCUT2D eigenvalue weighted by Gasteiger charge is 2.32. The van der Waals surface area contributed by atoms with Gasteiger partial charge in [-0.1, -0.05) is 23.7 Å². The fourth-order valence-corrected chi connectivity index (χ4v) is 2.58. The molecule has 1 saturated carbocycles. The van der Waals surface area contributed by atoms with Crippen LogP contribution in [0.3, 0.4) is 0 Å². The minimum absolute atomic E-state index is 0.207. The number of nitrogens with one attached hydrogen (secondary N) is 1. The summed E-state index contributed by atoms with van der Waals surface area (Å²) in [6, 6.07) is 8.15. The number of carbonyl (C=O) groups excluding carboxylic acids is 1. The van der Waals surface area contributed by atoms with Crippen molar-refractivity contribution in [3.05, 3.63) is 34.9 Å². The van der Waals surface area contributed by atoms with E-state index in [1.807, 2.05) is 25.1 Å². The van der Waals surface area contributed by atoms with Gasteiger partial charge in [-0.05, 0) is 43.4 Å². The van der Waals surface area contributed by atoms with Gasteiger partial charge in [0.2, 0.25) is 0 Å². The molecule has 0 aliphatic heterocycles. The van der Waals surface area contributed by atoms with E-state index in [1.54, 1.807) is 0 Å². The maximum atomic E-state index is 11.3. The van der Waals surface area contributed by atoms with Gasteiger partial charge >= 0.3 is 5.97 Å². The first-order chi connectivity index (χ1) is 8.60. The molecule has 0 heterocycles. The molecule has 3 nitrogen and oxygen atoms in total. The number of ether oxygens (including phenoxy) is 1. The van der Waals surface area contributed by atoms with Crippen LogP contribution in [0.25, 0.3) is 0 Å². The topological polar surface area (TPSA) is 38.3 Å². The number of carbonyl (C=O) groups is 1. The summed E-state index contributed by atoms with van der Waals surface area (Å²) in [6.45, 7) is 1.83. The van der Waals surface area contributed by atoms with Gasteiger partial charge in [-0.15, -0.1) is 0 Å². The highest BCUT2D eigenvalue weighted by Crippen LogP contribution is 2.37. The van der Waals surface area contributed by atoms with Crippen molar-refractivity contribution >= 4 is 17.6 Å². The summed E-state index contributed by atoms with van der Waals surface area (Å²) in [5, 5.41) is 4.06. The van der Waals surface area contributed by atoms with Gasteiger partial charge < -0.3 is 10.1 Å². The minimum atomic E-state index is -0.236. The first-order valence-electron chi connectivity index (χ1n) is 6.19. The molecule has 2 rings (SSSR count). The van der Waals surface area contributed by atoms with E-state index in [1.165, 1.54) is 12.7 Å². The fourth-order valence-electron chi connectivity index (χ4n) is 2.38. The van der Waals surface area contributed by atoms with Gasteiger partial charge in [0.05, 0.1) is 7.11 Å². The Labute approximate surface area is 112 Å². The van der Waals surface area contributed by atoms with Crippen LogP contribution in [0.15, 0.2) is 24.3 Å². The third-order valence-electron chi connectivity index (χ3n) is 3.50. The smallest absolute Gasteiger partial charge is 0.322 e.